The lowest BCUT2D eigenvalue weighted by molar-refractivity contribution is 0.562. The minimum Gasteiger partial charge on any atom is -0.398 e. The molecule has 0 spiro atoms. The van der Waals surface area contributed by atoms with Gasteiger partial charge in [-0.15, -0.1) is 11.8 Å². The van der Waals surface area contributed by atoms with Gasteiger partial charge in [-0.25, -0.2) is 8.42 Å². The summed E-state index contributed by atoms with van der Waals surface area (Å²) >= 11 is 1.49. The van der Waals surface area contributed by atoms with Crippen LogP contribution in [0.5, 0.6) is 0 Å². The highest BCUT2D eigenvalue weighted by Gasteiger charge is 2.28. The predicted molar refractivity (Wildman–Crippen MR) is 75.1 cm³/mol. The van der Waals surface area contributed by atoms with Crippen molar-refractivity contribution in [1.82, 2.24) is 0 Å². The van der Waals surface area contributed by atoms with E-state index in [-0.39, 0.29) is 5.75 Å². The third-order valence-electron chi connectivity index (χ3n) is 2.46. The number of hydrogen-bond acceptors (Lipinski definition) is 4. The van der Waals surface area contributed by atoms with Gasteiger partial charge in [0.1, 0.15) is 0 Å². The summed E-state index contributed by atoms with van der Waals surface area (Å²) in [7, 11) is -3.04. The number of nitrogens with two attached hydrogens (primary N) is 1. The van der Waals surface area contributed by atoms with Gasteiger partial charge in [0.15, 0.2) is 9.84 Å². The number of benzene rings is 1. The Morgan fingerprint density at radius 3 is 2.35 bits per heavy atom. The van der Waals surface area contributed by atoms with Gasteiger partial charge in [0.05, 0.1) is 10.5 Å². The van der Waals surface area contributed by atoms with E-state index in [1.807, 2.05) is 24.3 Å². The number of rotatable bonds is 4. The second-order valence-corrected chi connectivity index (χ2v) is 8.82. The van der Waals surface area contributed by atoms with Crippen molar-refractivity contribution >= 4 is 27.3 Å². The summed E-state index contributed by atoms with van der Waals surface area (Å²) in [5, 5.41) is 0. The highest BCUT2D eigenvalue weighted by atomic mass is 32.2. The molecule has 2 N–H and O–H groups in total. The Hall–Kier alpha value is -0.680. The zero-order valence-electron chi connectivity index (χ0n) is 10.4. The monoisotopic (exact) mass is 273 g/mol. The fourth-order valence-electron chi connectivity index (χ4n) is 1.18. The number of hydrogen-bond donors (Lipinski definition) is 1. The maximum atomic E-state index is 11.9. The fraction of sp³-hybridized carbons (Fsp3) is 0.500. The summed E-state index contributed by atoms with van der Waals surface area (Å²) in [6.45, 7) is 5.18. The summed E-state index contributed by atoms with van der Waals surface area (Å²) in [6, 6.07) is 7.49. The third-order valence-corrected chi connectivity index (χ3v) is 6.42. The van der Waals surface area contributed by atoms with Crippen molar-refractivity contribution < 1.29 is 8.42 Å². The summed E-state index contributed by atoms with van der Waals surface area (Å²) in [5.41, 5.74) is 6.49. The highest BCUT2D eigenvalue weighted by Crippen LogP contribution is 2.25. The topological polar surface area (TPSA) is 60.2 Å². The van der Waals surface area contributed by atoms with Crippen molar-refractivity contribution in [1.29, 1.82) is 0 Å². The average molecular weight is 273 g/mol. The first-order chi connectivity index (χ1) is 7.74. The van der Waals surface area contributed by atoms with Crippen LogP contribution in [0.2, 0.25) is 0 Å². The number of sulfone groups is 1. The molecule has 0 radical (unpaired) electrons. The maximum absolute atomic E-state index is 11.9. The van der Waals surface area contributed by atoms with Gasteiger partial charge < -0.3 is 5.73 Å². The fourth-order valence-corrected chi connectivity index (χ4v) is 3.63. The molecule has 1 aromatic carbocycles. The van der Waals surface area contributed by atoms with Crippen LogP contribution in [0.15, 0.2) is 29.2 Å². The van der Waals surface area contributed by atoms with Crippen LogP contribution in [-0.4, -0.2) is 24.7 Å². The lowest BCUT2D eigenvalue weighted by Crippen LogP contribution is -2.31. The number of thioether (sulfide) groups is 1. The number of anilines is 1. The van der Waals surface area contributed by atoms with Gasteiger partial charge in [0.25, 0.3) is 0 Å². The van der Waals surface area contributed by atoms with Crippen LogP contribution in [-0.2, 0) is 9.84 Å². The second-order valence-electron chi connectivity index (χ2n) is 4.82. The summed E-state index contributed by atoms with van der Waals surface area (Å²) in [4.78, 5) is 0.941. The zero-order valence-corrected chi connectivity index (χ0v) is 12.1. The van der Waals surface area contributed by atoms with Gasteiger partial charge in [0.2, 0.25) is 0 Å². The first-order valence-electron chi connectivity index (χ1n) is 5.43. The summed E-state index contributed by atoms with van der Waals surface area (Å²) in [5.74, 6) is 0.712. The minimum atomic E-state index is -3.04. The molecule has 0 unspecified atom stereocenters. The number of para-hydroxylation sites is 1. The smallest absolute Gasteiger partial charge is 0.156 e. The average Bonchev–Trinajstić information content (AvgIpc) is 2.19. The Bertz CT molecular complexity index is 476. The molecule has 0 aromatic heterocycles. The molecule has 0 saturated heterocycles. The number of nitrogen functional groups attached to an aromatic ring is 1. The summed E-state index contributed by atoms with van der Waals surface area (Å²) in [6.07, 6.45) is 0. The standard InChI is InChI=1S/C12H19NO2S2/c1-12(2,3)17(14,15)9-8-16-11-7-5-4-6-10(11)13/h4-7H,8-9,13H2,1-3H3. The van der Waals surface area contributed by atoms with Crippen LogP contribution < -0.4 is 5.73 Å². The molecule has 0 saturated carbocycles. The Morgan fingerprint density at radius 2 is 1.82 bits per heavy atom. The van der Waals surface area contributed by atoms with E-state index in [9.17, 15) is 8.42 Å². The van der Waals surface area contributed by atoms with Crippen molar-refractivity contribution in [2.75, 3.05) is 17.2 Å². The van der Waals surface area contributed by atoms with Crippen molar-refractivity contribution in [3.8, 4) is 0 Å². The van der Waals surface area contributed by atoms with Crippen molar-refractivity contribution in [2.45, 2.75) is 30.4 Å². The van der Waals surface area contributed by atoms with E-state index in [0.29, 0.717) is 11.4 Å². The van der Waals surface area contributed by atoms with E-state index in [1.165, 1.54) is 11.8 Å². The normalized spacial score (nSPS) is 12.6. The van der Waals surface area contributed by atoms with Crippen molar-refractivity contribution in [3.05, 3.63) is 24.3 Å². The Morgan fingerprint density at radius 1 is 1.24 bits per heavy atom. The van der Waals surface area contributed by atoms with E-state index in [1.54, 1.807) is 20.8 Å². The Labute approximate surface area is 108 Å². The third kappa shape index (κ3) is 3.92. The molecule has 5 heteroatoms. The molecule has 17 heavy (non-hydrogen) atoms. The molecule has 0 aliphatic heterocycles. The SMILES string of the molecule is CC(C)(C)S(=O)(=O)CCSc1ccccc1N. The lowest BCUT2D eigenvalue weighted by Gasteiger charge is -2.18. The van der Waals surface area contributed by atoms with E-state index >= 15 is 0 Å². The van der Waals surface area contributed by atoms with Crippen LogP contribution in [0.25, 0.3) is 0 Å². The van der Waals surface area contributed by atoms with Crippen LogP contribution in [0.1, 0.15) is 20.8 Å². The quantitative estimate of drug-likeness (QED) is 0.676. The largest absolute Gasteiger partial charge is 0.398 e. The molecule has 3 nitrogen and oxygen atoms in total. The molecule has 0 bridgehead atoms. The van der Waals surface area contributed by atoms with Gasteiger partial charge in [-0.3, -0.25) is 0 Å². The van der Waals surface area contributed by atoms with Gasteiger partial charge in [-0.1, -0.05) is 12.1 Å². The Balaban J connectivity index is 2.58. The molecule has 0 aliphatic rings. The highest BCUT2D eigenvalue weighted by molar-refractivity contribution is 8.01. The van der Waals surface area contributed by atoms with Crippen LogP contribution in [0, 0.1) is 0 Å². The van der Waals surface area contributed by atoms with E-state index < -0.39 is 14.6 Å². The van der Waals surface area contributed by atoms with Crippen molar-refractivity contribution in [2.24, 2.45) is 0 Å². The molecule has 0 amide bonds. The van der Waals surface area contributed by atoms with Crippen LogP contribution >= 0.6 is 11.8 Å². The maximum Gasteiger partial charge on any atom is 0.156 e. The molecule has 1 rings (SSSR count). The van der Waals surface area contributed by atoms with E-state index in [0.717, 1.165) is 4.90 Å². The molecule has 96 valence electrons. The molecule has 0 fully saturated rings. The summed E-state index contributed by atoms with van der Waals surface area (Å²) < 4.78 is 23.1. The minimum absolute atomic E-state index is 0.176. The predicted octanol–water partition coefficient (Wildman–Crippen LogP) is 2.57. The van der Waals surface area contributed by atoms with Gasteiger partial charge in [-0.05, 0) is 32.9 Å². The van der Waals surface area contributed by atoms with Crippen LogP contribution in [0.3, 0.4) is 0 Å². The van der Waals surface area contributed by atoms with E-state index in [2.05, 4.69) is 0 Å². The molecule has 1 aromatic rings. The lowest BCUT2D eigenvalue weighted by atomic mass is 10.3. The van der Waals surface area contributed by atoms with Gasteiger partial charge in [0, 0.05) is 16.3 Å². The molecule has 0 atom stereocenters. The first kappa shape index (κ1) is 14.4. The van der Waals surface area contributed by atoms with Gasteiger partial charge in [-0.2, -0.15) is 0 Å². The molecule has 0 heterocycles. The molecular weight excluding hydrogens is 254 g/mol. The molecular formula is C12H19NO2S2. The first-order valence-corrected chi connectivity index (χ1v) is 8.07. The zero-order chi connectivity index (χ0) is 13.1. The van der Waals surface area contributed by atoms with E-state index in [4.69, 9.17) is 5.73 Å². The second kappa shape index (κ2) is 5.31. The Kier molecular flexibility index (Phi) is 4.49. The van der Waals surface area contributed by atoms with Gasteiger partial charge >= 0.3 is 0 Å². The molecule has 0 aliphatic carbocycles. The van der Waals surface area contributed by atoms with Crippen LogP contribution in [0.4, 0.5) is 5.69 Å². The van der Waals surface area contributed by atoms with Crippen molar-refractivity contribution in [3.63, 3.8) is 0 Å².